The molecule has 0 unspecified atom stereocenters. The predicted molar refractivity (Wildman–Crippen MR) is 78.1 cm³/mol. The molecule has 0 aliphatic heterocycles. The van der Waals surface area contributed by atoms with Gasteiger partial charge >= 0.3 is 0 Å². The van der Waals surface area contributed by atoms with E-state index in [0.717, 1.165) is 30.8 Å². The Balaban J connectivity index is 2.38. The van der Waals surface area contributed by atoms with E-state index in [1.807, 2.05) is 20.2 Å². The van der Waals surface area contributed by atoms with Gasteiger partial charge in [0, 0.05) is 31.6 Å². The number of para-hydroxylation sites is 1. The van der Waals surface area contributed by atoms with Crippen LogP contribution in [0.1, 0.15) is 18.9 Å². The van der Waals surface area contributed by atoms with Crippen molar-refractivity contribution in [1.29, 1.82) is 0 Å². The third kappa shape index (κ3) is 2.79. The smallest absolute Gasteiger partial charge is 0.133 e. The number of benzene rings is 1. The van der Waals surface area contributed by atoms with Gasteiger partial charge in [0.25, 0.3) is 0 Å². The molecule has 0 aliphatic carbocycles. The quantitative estimate of drug-likeness (QED) is 0.818. The maximum Gasteiger partial charge on any atom is 0.133 e. The summed E-state index contributed by atoms with van der Waals surface area (Å²) in [5, 5.41) is 4.65. The molecule has 0 saturated carbocycles. The summed E-state index contributed by atoms with van der Waals surface area (Å²) < 4.78 is 0. The van der Waals surface area contributed by atoms with Gasteiger partial charge in [-0.25, -0.2) is 4.98 Å². The van der Waals surface area contributed by atoms with Crippen molar-refractivity contribution in [3.8, 4) is 0 Å². The van der Waals surface area contributed by atoms with Gasteiger partial charge < -0.3 is 10.2 Å². The Kier molecular flexibility index (Phi) is 4.15. The topological polar surface area (TPSA) is 28.2 Å². The van der Waals surface area contributed by atoms with E-state index >= 15 is 0 Å². The lowest BCUT2D eigenvalue weighted by Crippen LogP contribution is -2.19. The summed E-state index contributed by atoms with van der Waals surface area (Å²) in [4.78, 5) is 6.82. The lowest BCUT2D eigenvalue weighted by atomic mass is 10.1. The molecule has 0 amide bonds. The van der Waals surface area contributed by atoms with Crippen molar-refractivity contribution in [2.75, 3.05) is 25.5 Å². The Morgan fingerprint density at radius 1 is 1.22 bits per heavy atom. The lowest BCUT2D eigenvalue weighted by Gasteiger charge is -2.17. The largest absolute Gasteiger partial charge is 0.362 e. The summed E-state index contributed by atoms with van der Waals surface area (Å²) in [6, 6.07) is 10.5. The highest BCUT2D eigenvalue weighted by Gasteiger charge is 2.08. The van der Waals surface area contributed by atoms with Gasteiger partial charge in [-0.2, -0.15) is 0 Å². The molecule has 0 radical (unpaired) electrons. The number of pyridine rings is 1. The van der Waals surface area contributed by atoms with Crippen LogP contribution in [0.2, 0.25) is 0 Å². The molecule has 1 heterocycles. The first-order valence-corrected chi connectivity index (χ1v) is 6.49. The van der Waals surface area contributed by atoms with Crippen molar-refractivity contribution in [2.45, 2.75) is 19.9 Å². The minimum Gasteiger partial charge on any atom is -0.362 e. The molecule has 2 rings (SSSR count). The fourth-order valence-corrected chi connectivity index (χ4v) is 2.07. The number of hydrogen-bond acceptors (Lipinski definition) is 3. The number of nitrogens with zero attached hydrogens (tertiary/aromatic N) is 2. The first kappa shape index (κ1) is 12.8. The first-order valence-electron chi connectivity index (χ1n) is 6.49. The number of aromatic nitrogens is 1. The summed E-state index contributed by atoms with van der Waals surface area (Å²) in [7, 11) is 4.08. The normalized spacial score (nSPS) is 10.8. The first-order chi connectivity index (χ1) is 8.72. The Morgan fingerprint density at radius 3 is 2.72 bits per heavy atom. The standard InChI is InChI=1S/C15H21N3/c1-4-9-16-11-13-10-12-7-5-6-8-14(12)17-15(13)18(2)3/h5-8,10,16H,4,9,11H2,1-3H3. The SMILES string of the molecule is CCCNCc1cc2ccccc2nc1N(C)C. The van der Waals surface area contributed by atoms with Gasteiger partial charge in [-0.3, -0.25) is 0 Å². The minimum atomic E-state index is 0.874. The molecule has 1 N–H and O–H groups in total. The summed E-state index contributed by atoms with van der Waals surface area (Å²) in [6.07, 6.45) is 1.15. The molecule has 0 atom stereocenters. The minimum absolute atomic E-state index is 0.874. The number of rotatable bonds is 5. The van der Waals surface area contributed by atoms with Crippen molar-refractivity contribution in [2.24, 2.45) is 0 Å². The van der Waals surface area contributed by atoms with Crippen LogP contribution in [0.15, 0.2) is 30.3 Å². The molecule has 0 fully saturated rings. The Labute approximate surface area is 109 Å². The third-order valence-electron chi connectivity index (χ3n) is 2.95. The highest BCUT2D eigenvalue weighted by atomic mass is 15.1. The van der Waals surface area contributed by atoms with Crippen LogP contribution in [0.5, 0.6) is 0 Å². The molecule has 1 aromatic carbocycles. The summed E-state index contributed by atoms with van der Waals surface area (Å²) in [5.74, 6) is 1.05. The van der Waals surface area contributed by atoms with Gasteiger partial charge in [0.1, 0.15) is 5.82 Å². The maximum atomic E-state index is 4.74. The summed E-state index contributed by atoms with van der Waals surface area (Å²) in [5.41, 5.74) is 2.31. The molecule has 96 valence electrons. The molecule has 2 aromatic rings. The second-order valence-electron chi connectivity index (χ2n) is 4.74. The van der Waals surface area contributed by atoms with E-state index in [2.05, 4.69) is 41.4 Å². The van der Waals surface area contributed by atoms with Gasteiger partial charge in [0.05, 0.1) is 5.52 Å². The zero-order valence-electron chi connectivity index (χ0n) is 11.4. The molecule has 1 aromatic heterocycles. The zero-order valence-corrected chi connectivity index (χ0v) is 11.4. The molecule has 0 spiro atoms. The van der Waals surface area contributed by atoms with Crippen molar-refractivity contribution >= 4 is 16.7 Å². The Bertz CT molecular complexity index is 520. The Morgan fingerprint density at radius 2 is 2.00 bits per heavy atom. The third-order valence-corrected chi connectivity index (χ3v) is 2.95. The summed E-state index contributed by atoms with van der Waals surface area (Å²) in [6.45, 7) is 4.09. The highest BCUT2D eigenvalue weighted by molar-refractivity contribution is 5.81. The number of fused-ring (bicyclic) bond motifs is 1. The van der Waals surface area contributed by atoms with Crippen LogP contribution in [0.4, 0.5) is 5.82 Å². The molecular formula is C15H21N3. The highest BCUT2D eigenvalue weighted by Crippen LogP contribution is 2.22. The van der Waals surface area contributed by atoms with Crippen LogP contribution in [0, 0.1) is 0 Å². The fourth-order valence-electron chi connectivity index (χ4n) is 2.07. The van der Waals surface area contributed by atoms with Gasteiger partial charge in [-0.1, -0.05) is 25.1 Å². The molecule has 18 heavy (non-hydrogen) atoms. The second kappa shape index (κ2) is 5.83. The van der Waals surface area contributed by atoms with Crippen molar-refractivity contribution < 1.29 is 0 Å². The Hall–Kier alpha value is -1.61. The van der Waals surface area contributed by atoms with Crippen LogP contribution in [-0.4, -0.2) is 25.6 Å². The van der Waals surface area contributed by atoms with Gasteiger partial charge in [-0.15, -0.1) is 0 Å². The van der Waals surface area contributed by atoms with E-state index in [-0.39, 0.29) is 0 Å². The number of nitrogens with one attached hydrogen (secondary N) is 1. The lowest BCUT2D eigenvalue weighted by molar-refractivity contribution is 0.674. The van der Waals surface area contributed by atoms with E-state index in [9.17, 15) is 0 Å². The monoisotopic (exact) mass is 243 g/mol. The molecule has 3 heteroatoms. The van der Waals surface area contributed by atoms with E-state index in [0.29, 0.717) is 0 Å². The van der Waals surface area contributed by atoms with Gasteiger partial charge in [0.15, 0.2) is 0 Å². The van der Waals surface area contributed by atoms with E-state index < -0.39 is 0 Å². The maximum absolute atomic E-state index is 4.74. The number of hydrogen-bond donors (Lipinski definition) is 1. The van der Waals surface area contributed by atoms with E-state index in [1.54, 1.807) is 0 Å². The van der Waals surface area contributed by atoms with E-state index in [1.165, 1.54) is 10.9 Å². The van der Waals surface area contributed by atoms with Crippen LogP contribution in [0.25, 0.3) is 10.9 Å². The predicted octanol–water partition coefficient (Wildman–Crippen LogP) is 2.80. The van der Waals surface area contributed by atoms with Crippen LogP contribution in [-0.2, 0) is 6.54 Å². The van der Waals surface area contributed by atoms with Crippen molar-refractivity contribution in [1.82, 2.24) is 10.3 Å². The van der Waals surface area contributed by atoms with Crippen molar-refractivity contribution in [3.05, 3.63) is 35.9 Å². The molecule has 0 saturated heterocycles. The fraction of sp³-hybridized carbons (Fsp3) is 0.400. The number of anilines is 1. The average Bonchev–Trinajstić information content (AvgIpc) is 2.38. The van der Waals surface area contributed by atoms with Crippen LogP contribution in [0.3, 0.4) is 0 Å². The molecular weight excluding hydrogens is 222 g/mol. The van der Waals surface area contributed by atoms with E-state index in [4.69, 9.17) is 4.98 Å². The van der Waals surface area contributed by atoms with Crippen LogP contribution < -0.4 is 10.2 Å². The summed E-state index contributed by atoms with van der Waals surface area (Å²) >= 11 is 0. The van der Waals surface area contributed by atoms with Crippen LogP contribution >= 0.6 is 0 Å². The molecule has 3 nitrogen and oxygen atoms in total. The molecule has 0 aliphatic rings. The van der Waals surface area contributed by atoms with Crippen molar-refractivity contribution in [3.63, 3.8) is 0 Å². The average molecular weight is 243 g/mol. The molecule has 0 bridgehead atoms. The van der Waals surface area contributed by atoms with Gasteiger partial charge in [0.2, 0.25) is 0 Å². The zero-order chi connectivity index (χ0) is 13.0. The van der Waals surface area contributed by atoms with Gasteiger partial charge in [-0.05, 0) is 25.1 Å². The second-order valence-corrected chi connectivity index (χ2v) is 4.74.